The summed E-state index contributed by atoms with van der Waals surface area (Å²) < 4.78 is 6.15. The number of nitrogens with zero attached hydrogens (tertiary/aromatic N) is 1. The molecule has 1 aromatic heterocycles. The topological polar surface area (TPSA) is 53.7 Å². The molecule has 0 bridgehead atoms. The third-order valence-electron chi connectivity index (χ3n) is 4.12. The number of hydrogen-bond acceptors (Lipinski definition) is 4. The van der Waals surface area contributed by atoms with E-state index in [1.54, 1.807) is 6.07 Å². The first-order valence-electron chi connectivity index (χ1n) is 7.10. The summed E-state index contributed by atoms with van der Waals surface area (Å²) in [6.07, 6.45) is 1.52. The second kappa shape index (κ2) is 5.55. The van der Waals surface area contributed by atoms with Crippen LogP contribution >= 0.6 is 15.9 Å². The first-order valence-corrected chi connectivity index (χ1v) is 7.89. The lowest BCUT2D eigenvalue weighted by Crippen LogP contribution is -2.42. The Morgan fingerprint density at radius 3 is 2.76 bits per heavy atom. The van der Waals surface area contributed by atoms with Crippen LogP contribution in [-0.2, 0) is 6.54 Å². The predicted molar refractivity (Wildman–Crippen MR) is 85.3 cm³/mol. The molecule has 3 rings (SSSR count). The first kappa shape index (κ1) is 14.8. The van der Waals surface area contributed by atoms with Gasteiger partial charge >= 0.3 is 5.63 Å². The van der Waals surface area contributed by atoms with Gasteiger partial charge in [0.2, 0.25) is 0 Å². The highest BCUT2D eigenvalue weighted by atomic mass is 79.9. The van der Waals surface area contributed by atoms with Crippen LogP contribution in [0.1, 0.15) is 25.3 Å². The third-order valence-corrected chi connectivity index (χ3v) is 4.61. The summed E-state index contributed by atoms with van der Waals surface area (Å²) in [5.41, 5.74) is 0.713. The molecule has 0 unspecified atom stereocenters. The molecule has 0 saturated carbocycles. The molecule has 0 radical (unpaired) electrons. The lowest BCUT2D eigenvalue weighted by atomic mass is 9.93. The van der Waals surface area contributed by atoms with Gasteiger partial charge in [0.05, 0.1) is 5.60 Å². The molecule has 112 valence electrons. The Hall–Kier alpha value is -1.17. The number of halogens is 1. The molecule has 2 aromatic rings. The van der Waals surface area contributed by atoms with Crippen molar-refractivity contribution in [1.82, 2.24) is 4.90 Å². The van der Waals surface area contributed by atoms with Gasteiger partial charge in [0.1, 0.15) is 5.58 Å². The highest BCUT2D eigenvalue weighted by molar-refractivity contribution is 9.10. The largest absolute Gasteiger partial charge is 0.423 e. The molecule has 0 spiro atoms. The Labute approximate surface area is 131 Å². The Bertz CT molecular complexity index is 713. The van der Waals surface area contributed by atoms with E-state index in [0.717, 1.165) is 41.4 Å². The molecule has 0 amide bonds. The van der Waals surface area contributed by atoms with E-state index in [1.165, 1.54) is 0 Å². The molecule has 2 heterocycles. The van der Waals surface area contributed by atoms with Crippen molar-refractivity contribution >= 4 is 26.9 Å². The first-order chi connectivity index (χ1) is 9.93. The number of hydrogen-bond donors (Lipinski definition) is 1. The van der Waals surface area contributed by atoms with Gasteiger partial charge in [0, 0.05) is 35.6 Å². The fourth-order valence-electron chi connectivity index (χ4n) is 2.77. The highest BCUT2D eigenvalue weighted by Crippen LogP contribution is 2.25. The maximum Gasteiger partial charge on any atom is 0.336 e. The summed E-state index contributed by atoms with van der Waals surface area (Å²) in [5, 5.41) is 11.0. The van der Waals surface area contributed by atoms with Gasteiger partial charge in [0.15, 0.2) is 0 Å². The molecular weight excluding hydrogens is 334 g/mol. The van der Waals surface area contributed by atoms with Crippen LogP contribution in [0.25, 0.3) is 11.0 Å². The Balaban J connectivity index is 1.89. The molecular formula is C16H18BrNO3. The van der Waals surface area contributed by atoms with Crippen LogP contribution < -0.4 is 5.63 Å². The fraction of sp³-hybridized carbons (Fsp3) is 0.438. The summed E-state index contributed by atoms with van der Waals surface area (Å²) in [7, 11) is 0. The number of aliphatic hydroxyl groups is 1. The van der Waals surface area contributed by atoms with Crippen molar-refractivity contribution in [2.45, 2.75) is 31.9 Å². The molecule has 1 saturated heterocycles. The van der Waals surface area contributed by atoms with Crippen LogP contribution in [-0.4, -0.2) is 28.7 Å². The van der Waals surface area contributed by atoms with Crippen molar-refractivity contribution in [3.05, 3.63) is 44.7 Å². The minimum atomic E-state index is -0.556. The second-order valence-electron chi connectivity index (χ2n) is 6.00. The molecule has 0 atom stereocenters. The molecule has 1 aromatic carbocycles. The van der Waals surface area contributed by atoms with Crippen molar-refractivity contribution in [3.63, 3.8) is 0 Å². The standard InChI is InChI=1S/C16H18BrNO3/c1-16(20)4-6-18(7-5-16)10-11-8-15(19)21-14-9-12(17)2-3-13(11)14/h2-3,8-9,20H,4-7,10H2,1H3. The van der Waals surface area contributed by atoms with Gasteiger partial charge in [-0.15, -0.1) is 0 Å². The monoisotopic (exact) mass is 351 g/mol. The number of fused-ring (bicyclic) bond motifs is 1. The quantitative estimate of drug-likeness (QED) is 0.845. The van der Waals surface area contributed by atoms with Crippen LogP contribution in [0.4, 0.5) is 0 Å². The Morgan fingerprint density at radius 2 is 2.05 bits per heavy atom. The zero-order valence-corrected chi connectivity index (χ0v) is 13.5. The van der Waals surface area contributed by atoms with Gasteiger partial charge in [-0.1, -0.05) is 15.9 Å². The van der Waals surface area contributed by atoms with Gasteiger partial charge in [-0.2, -0.15) is 0 Å². The summed E-state index contributed by atoms with van der Waals surface area (Å²) >= 11 is 3.39. The smallest absolute Gasteiger partial charge is 0.336 e. The van der Waals surface area contributed by atoms with E-state index in [4.69, 9.17) is 4.42 Å². The molecule has 1 N–H and O–H groups in total. The summed E-state index contributed by atoms with van der Waals surface area (Å²) in [5.74, 6) is 0. The number of benzene rings is 1. The van der Waals surface area contributed by atoms with Crippen LogP contribution in [0.5, 0.6) is 0 Å². The van der Waals surface area contributed by atoms with Gasteiger partial charge in [0.25, 0.3) is 0 Å². The van der Waals surface area contributed by atoms with Crippen LogP contribution in [0.3, 0.4) is 0 Å². The maximum atomic E-state index is 11.7. The van der Waals surface area contributed by atoms with Gasteiger partial charge < -0.3 is 9.52 Å². The average molecular weight is 352 g/mol. The Morgan fingerprint density at radius 1 is 1.33 bits per heavy atom. The predicted octanol–water partition coefficient (Wildman–Crippen LogP) is 2.90. The second-order valence-corrected chi connectivity index (χ2v) is 6.92. The fourth-order valence-corrected chi connectivity index (χ4v) is 3.11. The summed E-state index contributed by atoms with van der Waals surface area (Å²) in [6, 6.07) is 7.31. The average Bonchev–Trinajstić information content (AvgIpc) is 2.40. The minimum absolute atomic E-state index is 0.320. The lowest BCUT2D eigenvalue weighted by molar-refractivity contribution is -0.00723. The molecule has 21 heavy (non-hydrogen) atoms. The van der Waals surface area contributed by atoms with Gasteiger partial charge in [-0.05, 0) is 43.5 Å². The lowest BCUT2D eigenvalue weighted by Gasteiger charge is -2.35. The van der Waals surface area contributed by atoms with Crippen molar-refractivity contribution in [2.75, 3.05) is 13.1 Å². The summed E-state index contributed by atoms with van der Waals surface area (Å²) in [6.45, 7) is 4.27. The molecule has 1 fully saturated rings. The molecule has 1 aliphatic rings. The minimum Gasteiger partial charge on any atom is -0.423 e. The number of piperidine rings is 1. The normalized spacial score (nSPS) is 19.0. The Kier molecular flexibility index (Phi) is 3.90. The van der Waals surface area contributed by atoms with Crippen molar-refractivity contribution in [2.24, 2.45) is 0 Å². The van der Waals surface area contributed by atoms with E-state index in [0.29, 0.717) is 12.1 Å². The number of likely N-dealkylation sites (tertiary alicyclic amines) is 1. The highest BCUT2D eigenvalue weighted by Gasteiger charge is 2.27. The summed E-state index contributed by atoms with van der Waals surface area (Å²) in [4.78, 5) is 14.0. The van der Waals surface area contributed by atoms with Crippen molar-refractivity contribution in [3.8, 4) is 0 Å². The molecule has 5 heteroatoms. The third kappa shape index (κ3) is 3.36. The van der Waals surface area contributed by atoms with E-state index in [9.17, 15) is 9.90 Å². The van der Waals surface area contributed by atoms with Crippen LogP contribution in [0.15, 0.2) is 37.9 Å². The number of rotatable bonds is 2. The van der Waals surface area contributed by atoms with Crippen LogP contribution in [0.2, 0.25) is 0 Å². The molecule has 1 aliphatic heterocycles. The van der Waals surface area contributed by atoms with Crippen molar-refractivity contribution < 1.29 is 9.52 Å². The van der Waals surface area contributed by atoms with E-state index >= 15 is 0 Å². The molecule has 0 aliphatic carbocycles. The van der Waals surface area contributed by atoms with Gasteiger partial charge in [-0.25, -0.2) is 4.79 Å². The van der Waals surface area contributed by atoms with E-state index in [1.807, 2.05) is 25.1 Å². The van der Waals surface area contributed by atoms with E-state index in [-0.39, 0.29) is 5.63 Å². The van der Waals surface area contributed by atoms with Crippen LogP contribution in [0, 0.1) is 0 Å². The zero-order valence-electron chi connectivity index (χ0n) is 11.9. The van der Waals surface area contributed by atoms with E-state index < -0.39 is 5.60 Å². The molecule has 4 nitrogen and oxygen atoms in total. The van der Waals surface area contributed by atoms with Gasteiger partial charge in [-0.3, -0.25) is 4.90 Å². The SMILES string of the molecule is CC1(O)CCN(Cc2cc(=O)oc3cc(Br)ccc23)CC1. The maximum absolute atomic E-state index is 11.7. The van der Waals surface area contributed by atoms with Crippen molar-refractivity contribution in [1.29, 1.82) is 0 Å². The van der Waals surface area contributed by atoms with E-state index in [2.05, 4.69) is 20.8 Å². The zero-order chi connectivity index (χ0) is 15.0.